The number of carbonyl (C=O) groups is 3. The van der Waals surface area contributed by atoms with Gasteiger partial charge >= 0.3 is 18.2 Å². The number of aliphatic hydroxyl groups excluding tert-OH is 1. The summed E-state index contributed by atoms with van der Waals surface area (Å²) in [5, 5.41) is 18.1. The number of nitrogens with zero attached hydrogens (tertiary/aromatic N) is 1. The van der Waals surface area contributed by atoms with Gasteiger partial charge in [0.1, 0.15) is 18.5 Å². The average Bonchev–Trinajstić information content (AvgIpc) is 2.98. The van der Waals surface area contributed by atoms with Gasteiger partial charge in [-0.1, -0.05) is 30.3 Å². The lowest BCUT2D eigenvalue weighted by molar-refractivity contribution is -0.205. The van der Waals surface area contributed by atoms with Crippen LogP contribution in [0.2, 0.25) is 0 Å². The van der Waals surface area contributed by atoms with Gasteiger partial charge in [-0.2, -0.15) is 13.2 Å². The van der Waals surface area contributed by atoms with Crippen LogP contribution >= 0.6 is 0 Å². The summed E-state index contributed by atoms with van der Waals surface area (Å²) in [7, 11) is 3.29. The number of para-hydroxylation sites is 1. The molecule has 0 saturated carbocycles. The van der Waals surface area contributed by atoms with Crippen molar-refractivity contribution in [3.05, 3.63) is 90.0 Å². The van der Waals surface area contributed by atoms with Gasteiger partial charge in [-0.15, -0.1) is 0 Å². The lowest BCUT2D eigenvalue weighted by Gasteiger charge is -2.23. The van der Waals surface area contributed by atoms with Crippen LogP contribution in [0.5, 0.6) is 5.75 Å². The Balaban J connectivity index is 1.52. The number of halogens is 3. The van der Waals surface area contributed by atoms with Crippen LogP contribution in [0.3, 0.4) is 0 Å². The fraction of sp³-hybridized carbons (Fsp3) is 0.300. The summed E-state index contributed by atoms with van der Waals surface area (Å²) in [6, 6.07) is 20.5. The monoisotopic (exact) mass is 602 g/mol. The molecule has 43 heavy (non-hydrogen) atoms. The lowest BCUT2D eigenvalue weighted by Crippen LogP contribution is -2.44. The molecule has 0 saturated heterocycles. The van der Waals surface area contributed by atoms with E-state index in [1.165, 1.54) is 4.90 Å². The molecule has 0 unspecified atom stereocenters. The number of benzene rings is 3. The highest BCUT2D eigenvalue weighted by Crippen LogP contribution is 2.19. The van der Waals surface area contributed by atoms with Crippen molar-refractivity contribution in [3.63, 3.8) is 0 Å². The van der Waals surface area contributed by atoms with E-state index in [2.05, 4.69) is 20.7 Å². The van der Waals surface area contributed by atoms with Gasteiger partial charge in [0.05, 0.1) is 6.61 Å². The molecule has 3 rings (SSSR count). The second kappa shape index (κ2) is 15.6. The first kappa shape index (κ1) is 32.9. The van der Waals surface area contributed by atoms with Crippen molar-refractivity contribution >= 4 is 29.3 Å². The van der Waals surface area contributed by atoms with E-state index in [9.17, 15) is 32.7 Å². The van der Waals surface area contributed by atoms with E-state index in [-0.39, 0.29) is 25.7 Å². The van der Waals surface area contributed by atoms with Crippen LogP contribution in [0.1, 0.15) is 15.9 Å². The second-order valence-electron chi connectivity index (χ2n) is 9.69. The summed E-state index contributed by atoms with van der Waals surface area (Å²) in [5.74, 6) is -2.09. The van der Waals surface area contributed by atoms with Crippen molar-refractivity contribution in [2.24, 2.45) is 0 Å². The van der Waals surface area contributed by atoms with Gasteiger partial charge in [-0.05, 0) is 60.5 Å². The van der Waals surface area contributed by atoms with E-state index in [1.54, 1.807) is 93.0 Å². The van der Waals surface area contributed by atoms with Crippen LogP contribution in [-0.2, 0) is 16.0 Å². The molecule has 0 heterocycles. The summed E-state index contributed by atoms with van der Waals surface area (Å²) in [5.41, 5.74) is 2.24. The molecule has 0 aliphatic carbocycles. The first-order valence-electron chi connectivity index (χ1n) is 13.2. The number of urea groups is 1. The lowest BCUT2D eigenvalue weighted by atomic mass is 10.1. The van der Waals surface area contributed by atoms with Crippen molar-refractivity contribution in [1.29, 1.82) is 0 Å². The Kier molecular flexibility index (Phi) is 11.9. The second-order valence-corrected chi connectivity index (χ2v) is 9.69. The van der Waals surface area contributed by atoms with Gasteiger partial charge in [-0.3, -0.25) is 4.79 Å². The minimum Gasteiger partial charge on any atom is -0.490 e. The van der Waals surface area contributed by atoms with E-state index in [0.29, 0.717) is 29.1 Å². The average molecular weight is 603 g/mol. The van der Waals surface area contributed by atoms with E-state index in [0.717, 1.165) is 5.56 Å². The van der Waals surface area contributed by atoms with Gasteiger partial charge in [0.2, 0.25) is 0 Å². The highest BCUT2D eigenvalue weighted by Gasteiger charge is 2.42. The van der Waals surface area contributed by atoms with Gasteiger partial charge in [0.15, 0.2) is 0 Å². The quantitative estimate of drug-likeness (QED) is 0.217. The Morgan fingerprint density at radius 2 is 1.47 bits per heavy atom. The largest absolute Gasteiger partial charge is 0.490 e. The first-order valence-corrected chi connectivity index (χ1v) is 13.2. The number of anilines is 2. The maximum absolute atomic E-state index is 12.8. The van der Waals surface area contributed by atoms with Gasteiger partial charge in [0, 0.05) is 43.6 Å². The fourth-order valence-corrected chi connectivity index (χ4v) is 3.81. The molecular formula is C30H33F3N4O6. The first-order chi connectivity index (χ1) is 20.4. The maximum Gasteiger partial charge on any atom is 0.490 e. The molecule has 0 aliphatic heterocycles. The molecule has 2 atom stereocenters. The zero-order valence-electron chi connectivity index (χ0n) is 23.6. The third-order valence-electron chi connectivity index (χ3n) is 6.03. The Morgan fingerprint density at radius 1 is 0.884 bits per heavy atom. The third-order valence-corrected chi connectivity index (χ3v) is 6.03. The molecular weight excluding hydrogens is 569 g/mol. The minimum absolute atomic E-state index is 0.156. The molecule has 13 heteroatoms. The summed E-state index contributed by atoms with van der Waals surface area (Å²) in [4.78, 5) is 37.3. The Hall–Kier alpha value is -4.62. The zero-order valence-corrected chi connectivity index (χ0v) is 23.6. The number of amides is 3. The molecule has 3 aromatic carbocycles. The van der Waals surface area contributed by atoms with Gasteiger partial charge in [-0.25, -0.2) is 9.59 Å². The number of nitrogens with one attached hydrogen (secondary N) is 3. The normalized spacial score (nSPS) is 12.5. The fourth-order valence-electron chi connectivity index (χ4n) is 3.81. The predicted octanol–water partition coefficient (Wildman–Crippen LogP) is 4.08. The molecule has 0 fully saturated rings. The SMILES string of the molecule is CN(C)C(=O)c1ccc(NC(=O)Nc2ccc(C[C@@H](CO)NC[C@@H](COc3ccccc3)OC(=O)C(F)(F)F)cc2)cc1. The molecule has 3 amide bonds. The Labute approximate surface area is 246 Å². The Morgan fingerprint density at radius 3 is 2.00 bits per heavy atom. The molecule has 0 radical (unpaired) electrons. The molecule has 4 N–H and O–H groups in total. The van der Waals surface area contributed by atoms with E-state index < -0.39 is 30.3 Å². The third kappa shape index (κ3) is 10.9. The van der Waals surface area contributed by atoms with Crippen LogP contribution in [0.15, 0.2) is 78.9 Å². The molecule has 230 valence electrons. The summed E-state index contributed by atoms with van der Waals surface area (Å²) in [6.45, 7) is -0.886. The summed E-state index contributed by atoms with van der Waals surface area (Å²) in [6.07, 6.45) is -6.15. The van der Waals surface area contributed by atoms with Crippen molar-refractivity contribution in [1.82, 2.24) is 10.2 Å². The molecule has 10 nitrogen and oxygen atoms in total. The molecule has 0 aromatic heterocycles. The summed E-state index contributed by atoms with van der Waals surface area (Å²) >= 11 is 0. The van der Waals surface area contributed by atoms with Crippen molar-refractivity contribution in [2.45, 2.75) is 24.7 Å². The van der Waals surface area contributed by atoms with Gasteiger partial charge in [0.25, 0.3) is 5.91 Å². The van der Waals surface area contributed by atoms with Gasteiger partial charge < -0.3 is 35.4 Å². The van der Waals surface area contributed by atoms with E-state index in [1.807, 2.05) is 0 Å². The van der Waals surface area contributed by atoms with Crippen LogP contribution in [0, 0.1) is 0 Å². The number of hydrogen-bond acceptors (Lipinski definition) is 7. The van der Waals surface area contributed by atoms with Crippen molar-refractivity contribution in [3.8, 4) is 5.75 Å². The number of hydrogen-bond donors (Lipinski definition) is 4. The number of rotatable bonds is 13. The highest BCUT2D eigenvalue weighted by atomic mass is 19.4. The zero-order chi connectivity index (χ0) is 31.4. The van der Waals surface area contributed by atoms with Crippen LogP contribution in [-0.4, -0.2) is 80.1 Å². The standard InChI is InChI=1S/C30H33F3N4O6/c1-37(2)27(39)21-10-14-23(15-11-21)36-29(41)35-22-12-8-20(9-13-22)16-24(18-38)34-17-26(43-28(40)30(31,32)33)19-42-25-6-4-3-5-7-25/h3-15,24,26,34,38H,16-19H2,1-2H3,(H2,35,36,41)/t24-,26-/m0/s1. The molecule has 0 bridgehead atoms. The highest BCUT2D eigenvalue weighted by molar-refractivity contribution is 6.00. The van der Waals surface area contributed by atoms with Crippen molar-refractivity contribution < 1.29 is 42.1 Å². The van der Waals surface area contributed by atoms with Crippen LogP contribution in [0.25, 0.3) is 0 Å². The molecule has 0 aliphatic rings. The number of carbonyl (C=O) groups excluding carboxylic acids is 3. The van der Waals surface area contributed by atoms with E-state index >= 15 is 0 Å². The van der Waals surface area contributed by atoms with Crippen LogP contribution in [0.4, 0.5) is 29.3 Å². The predicted molar refractivity (Wildman–Crippen MR) is 154 cm³/mol. The smallest absolute Gasteiger partial charge is 0.490 e. The number of esters is 1. The Bertz CT molecular complexity index is 1340. The molecule has 3 aromatic rings. The number of ether oxygens (including phenoxy) is 2. The minimum atomic E-state index is -5.16. The number of aliphatic hydroxyl groups is 1. The number of alkyl halides is 3. The van der Waals surface area contributed by atoms with E-state index in [4.69, 9.17) is 4.74 Å². The molecule has 0 spiro atoms. The summed E-state index contributed by atoms with van der Waals surface area (Å²) < 4.78 is 48.5. The van der Waals surface area contributed by atoms with Crippen LogP contribution < -0.4 is 20.7 Å². The van der Waals surface area contributed by atoms with Crippen molar-refractivity contribution in [2.75, 3.05) is 44.5 Å². The maximum atomic E-state index is 12.8. The topological polar surface area (TPSA) is 129 Å².